The first-order chi connectivity index (χ1) is 9.74. The predicted molar refractivity (Wildman–Crippen MR) is 74.1 cm³/mol. The monoisotopic (exact) mass is 288 g/mol. The molecule has 0 saturated carbocycles. The minimum Gasteiger partial charge on any atom is -0.377 e. The van der Waals surface area contributed by atoms with Gasteiger partial charge in [-0.3, -0.25) is 9.59 Å². The summed E-state index contributed by atoms with van der Waals surface area (Å²) in [6.45, 7) is 7.42. The van der Waals surface area contributed by atoms with Gasteiger partial charge in [0.1, 0.15) is 0 Å². The summed E-state index contributed by atoms with van der Waals surface area (Å²) < 4.78 is 15.8. The van der Waals surface area contributed by atoms with Crippen molar-refractivity contribution in [3.05, 3.63) is 12.8 Å². The van der Waals surface area contributed by atoms with Gasteiger partial charge >= 0.3 is 0 Å². The second-order valence-corrected chi connectivity index (χ2v) is 3.95. The molecule has 7 nitrogen and oxygen atoms in total. The highest BCUT2D eigenvalue weighted by Crippen LogP contribution is 1.85. The van der Waals surface area contributed by atoms with E-state index in [-0.39, 0.29) is 0 Å². The lowest BCUT2D eigenvalue weighted by Crippen LogP contribution is -2.22. The molecule has 0 heterocycles. The highest BCUT2D eigenvalue weighted by molar-refractivity contribution is 5.48. The van der Waals surface area contributed by atoms with E-state index in [1.54, 1.807) is 7.05 Å². The first-order valence-electron chi connectivity index (χ1n) is 6.47. The molecule has 20 heavy (non-hydrogen) atoms. The zero-order valence-electron chi connectivity index (χ0n) is 12.0. The zero-order chi connectivity index (χ0) is 15.1. The first-order valence-corrected chi connectivity index (χ1v) is 6.47. The van der Waals surface area contributed by atoms with Crippen LogP contribution >= 0.6 is 0 Å². The van der Waals surface area contributed by atoms with Crippen molar-refractivity contribution in [2.24, 2.45) is 0 Å². The van der Waals surface area contributed by atoms with E-state index in [1.807, 2.05) is 0 Å². The fourth-order valence-electron chi connectivity index (χ4n) is 1.16. The highest BCUT2D eigenvalue weighted by Gasteiger charge is 1.96. The standard InChI is InChI=1S/C13H24N2O5/c1-3-15(13-17)5-7-19-9-11-20-10-8-18-6-4-14(2)12-16/h3,12-13H,1,4-11H2,2H3. The number of likely N-dealkylation sites (N-methyl/N-ethyl adjacent to an activating group) is 1. The van der Waals surface area contributed by atoms with E-state index in [4.69, 9.17) is 14.2 Å². The molecule has 0 bridgehead atoms. The third-order valence-corrected chi connectivity index (χ3v) is 2.38. The van der Waals surface area contributed by atoms with Gasteiger partial charge in [0, 0.05) is 20.1 Å². The fourth-order valence-corrected chi connectivity index (χ4v) is 1.16. The number of carbonyl (C=O) groups excluding carboxylic acids is 2. The normalized spacial score (nSPS) is 10.1. The maximum Gasteiger partial charge on any atom is 0.213 e. The minimum atomic E-state index is 0.447. The molecule has 0 fully saturated rings. The van der Waals surface area contributed by atoms with Crippen LogP contribution in [-0.4, -0.2) is 82.4 Å². The van der Waals surface area contributed by atoms with Crippen LogP contribution in [0.15, 0.2) is 12.8 Å². The van der Waals surface area contributed by atoms with Crippen molar-refractivity contribution in [3.8, 4) is 0 Å². The average molecular weight is 288 g/mol. The average Bonchev–Trinajstić information content (AvgIpc) is 2.48. The zero-order valence-corrected chi connectivity index (χ0v) is 12.0. The van der Waals surface area contributed by atoms with Gasteiger partial charge in [0.25, 0.3) is 0 Å². The van der Waals surface area contributed by atoms with Crippen molar-refractivity contribution in [2.75, 3.05) is 59.8 Å². The smallest absolute Gasteiger partial charge is 0.213 e. The molecule has 0 aromatic rings. The van der Waals surface area contributed by atoms with Crippen molar-refractivity contribution in [1.29, 1.82) is 0 Å². The van der Waals surface area contributed by atoms with E-state index in [9.17, 15) is 9.59 Å². The van der Waals surface area contributed by atoms with Crippen LogP contribution in [0.3, 0.4) is 0 Å². The highest BCUT2D eigenvalue weighted by atomic mass is 16.5. The van der Waals surface area contributed by atoms with Crippen LogP contribution in [0.2, 0.25) is 0 Å². The van der Waals surface area contributed by atoms with Crippen molar-refractivity contribution in [1.82, 2.24) is 9.80 Å². The SMILES string of the molecule is C=CN(C=O)CCOCCOCCOCCN(C)C=O. The van der Waals surface area contributed by atoms with Gasteiger partial charge in [0.15, 0.2) is 0 Å². The van der Waals surface area contributed by atoms with Gasteiger partial charge in [0.05, 0.1) is 39.6 Å². The second kappa shape index (κ2) is 14.0. The molecule has 0 rings (SSSR count). The molecule has 0 aliphatic carbocycles. The molecule has 0 aliphatic heterocycles. The van der Waals surface area contributed by atoms with E-state index >= 15 is 0 Å². The number of rotatable bonds is 15. The van der Waals surface area contributed by atoms with Crippen LogP contribution in [-0.2, 0) is 23.8 Å². The van der Waals surface area contributed by atoms with Crippen LogP contribution in [0.1, 0.15) is 0 Å². The van der Waals surface area contributed by atoms with Crippen LogP contribution in [0.4, 0.5) is 0 Å². The molecule has 0 aromatic heterocycles. The van der Waals surface area contributed by atoms with Crippen LogP contribution < -0.4 is 0 Å². The summed E-state index contributed by atoms with van der Waals surface area (Å²) in [6.07, 6.45) is 2.91. The summed E-state index contributed by atoms with van der Waals surface area (Å²) in [5, 5.41) is 0. The number of amides is 2. The lowest BCUT2D eigenvalue weighted by molar-refractivity contribution is -0.117. The van der Waals surface area contributed by atoms with Crippen molar-refractivity contribution < 1.29 is 23.8 Å². The Bertz CT molecular complexity index is 255. The Morgan fingerprint density at radius 1 is 0.850 bits per heavy atom. The molecule has 0 aliphatic rings. The van der Waals surface area contributed by atoms with Gasteiger partial charge in [-0.1, -0.05) is 6.58 Å². The lowest BCUT2D eigenvalue weighted by atomic mass is 10.6. The summed E-state index contributed by atoms with van der Waals surface area (Å²) >= 11 is 0. The molecule has 116 valence electrons. The van der Waals surface area contributed by atoms with Gasteiger partial charge in [-0.15, -0.1) is 0 Å². The molecular weight excluding hydrogens is 264 g/mol. The summed E-state index contributed by atoms with van der Waals surface area (Å²) in [6, 6.07) is 0. The molecule has 0 N–H and O–H groups in total. The maximum absolute atomic E-state index is 10.4. The molecule has 0 atom stereocenters. The Kier molecular flexibility index (Phi) is 13.0. The fraction of sp³-hybridized carbons (Fsp3) is 0.692. The van der Waals surface area contributed by atoms with E-state index in [1.165, 1.54) is 16.0 Å². The van der Waals surface area contributed by atoms with Crippen molar-refractivity contribution >= 4 is 12.8 Å². The summed E-state index contributed by atoms with van der Waals surface area (Å²) in [5.41, 5.74) is 0. The largest absolute Gasteiger partial charge is 0.377 e. The van der Waals surface area contributed by atoms with Gasteiger partial charge in [0.2, 0.25) is 12.8 Å². The van der Waals surface area contributed by atoms with E-state index in [0.717, 1.165) is 6.41 Å². The van der Waals surface area contributed by atoms with Crippen LogP contribution in [0.25, 0.3) is 0 Å². The molecule has 7 heteroatoms. The van der Waals surface area contributed by atoms with Crippen LogP contribution in [0, 0.1) is 0 Å². The number of hydrogen-bond acceptors (Lipinski definition) is 5. The van der Waals surface area contributed by atoms with Crippen LogP contribution in [0.5, 0.6) is 0 Å². The van der Waals surface area contributed by atoms with Gasteiger partial charge < -0.3 is 24.0 Å². The topological polar surface area (TPSA) is 68.3 Å². The summed E-state index contributed by atoms with van der Waals surface area (Å²) in [4.78, 5) is 23.6. The van der Waals surface area contributed by atoms with Gasteiger partial charge in [-0.25, -0.2) is 0 Å². The first kappa shape index (κ1) is 18.6. The summed E-state index contributed by atoms with van der Waals surface area (Å²) in [7, 11) is 1.70. The van der Waals surface area contributed by atoms with Gasteiger partial charge in [-0.2, -0.15) is 0 Å². The number of nitrogens with zero attached hydrogens (tertiary/aromatic N) is 2. The molecule has 0 unspecified atom stereocenters. The van der Waals surface area contributed by atoms with Crippen molar-refractivity contribution in [3.63, 3.8) is 0 Å². The van der Waals surface area contributed by atoms with E-state index < -0.39 is 0 Å². The number of hydrogen-bond donors (Lipinski definition) is 0. The maximum atomic E-state index is 10.4. The molecule has 0 aromatic carbocycles. The Labute approximate surface area is 120 Å². The molecular formula is C13H24N2O5. The number of ether oxygens (including phenoxy) is 3. The Balaban J connectivity index is 3.15. The second-order valence-electron chi connectivity index (χ2n) is 3.95. The van der Waals surface area contributed by atoms with Gasteiger partial charge in [-0.05, 0) is 6.20 Å². The third kappa shape index (κ3) is 11.6. The Hall–Kier alpha value is -1.44. The minimum absolute atomic E-state index is 0.447. The quantitative estimate of drug-likeness (QED) is 0.306. The molecule has 0 spiro atoms. The lowest BCUT2D eigenvalue weighted by Gasteiger charge is -2.12. The predicted octanol–water partition coefficient (Wildman–Crippen LogP) is -0.274. The molecule has 2 amide bonds. The molecule has 0 saturated heterocycles. The van der Waals surface area contributed by atoms with Crippen molar-refractivity contribution in [2.45, 2.75) is 0 Å². The third-order valence-electron chi connectivity index (χ3n) is 2.38. The van der Waals surface area contributed by atoms with E-state index in [2.05, 4.69) is 6.58 Å². The van der Waals surface area contributed by atoms with E-state index in [0.29, 0.717) is 59.1 Å². The number of carbonyl (C=O) groups is 2. The Morgan fingerprint density at radius 2 is 1.35 bits per heavy atom. The molecule has 0 radical (unpaired) electrons. The summed E-state index contributed by atoms with van der Waals surface area (Å²) in [5.74, 6) is 0. The Morgan fingerprint density at radius 3 is 1.80 bits per heavy atom.